The lowest BCUT2D eigenvalue weighted by Crippen LogP contribution is -2.42. The quantitative estimate of drug-likeness (QED) is 0.320. The van der Waals surface area contributed by atoms with Crippen LogP contribution in [0.4, 0.5) is 5.69 Å². The Kier molecular flexibility index (Phi) is 7.93. The highest BCUT2D eigenvalue weighted by Crippen LogP contribution is 2.31. The van der Waals surface area contributed by atoms with Crippen LogP contribution in [-0.2, 0) is 15.4 Å². The first kappa shape index (κ1) is 22.7. The zero-order chi connectivity index (χ0) is 22.1. The fraction of sp³-hybridized carbons (Fsp3) is 0.308. The van der Waals surface area contributed by atoms with Gasteiger partial charge in [-0.05, 0) is 44.0 Å². The zero-order valence-electron chi connectivity index (χ0n) is 18.4. The Balaban J connectivity index is 2.01. The molecule has 0 aliphatic carbocycles. The molecule has 0 radical (unpaired) electrons. The van der Waals surface area contributed by atoms with Crippen molar-refractivity contribution < 1.29 is 14.3 Å². The van der Waals surface area contributed by atoms with Gasteiger partial charge in [-0.3, -0.25) is 9.78 Å². The molecule has 3 rings (SSSR count). The van der Waals surface area contributed by atoms with E-state index in [1.165, 1.54) is 0 Å². The summed E-state index contributed by atoms with van der Waals surface area (Å²) < 4.78 is 12.5. The second-order valence-corrected chi connectivity index (χ2v) is 7.43. The summed E-state index contributed by atoms with van der Waals surface area (Å²) in [6, 6.07) is 20.8. The molecule has 0 bridgehead atoms. The molecule has 1 N–H and O–H groups in total. The number of benzene rings is 2. The summed E-state index contributed by atoms with van der Waals surface area (Å²) >= 11 is 0. The maximum Gasteiger partial charge on any atom is 0.277 e. The average molecular weight is 419 g/mol. The molecule has 5 nitrogen and oxygen atoms in total. The highest BCUT2D eigenvalue weighted by Gasteiger charge is 2.35. The second kappa shape index (κ2) is 10.8. The highest BCUT2D eigenvalue weighted by atomic mass is 16.7. The molecular weight excluding hydrogens is 388 g/mol. The van der Waals surface area contributed by atoms with Crippen LogP contribution in [0.1, 0.15) is 53.9 Å². The molecule has 1 heterocycles. The van der Waals surface area contributed by atoms with Crippen molar-refractivity contribution in [3.63, 3.8) is 0 Å². The van der Waals surface area contributed by atoms with E-state index in [2.05, 4.69) is 10.3 Å². The minimum atomic E-state index is -1.22. The molecule has 0 saturated heterocycles. The van der Waals surface area contributed by atoms with Crippen molar-refractivity contribution >= 4 is 11.5 Å². The molecule has 0 aliphatic heterocycles. The number of hydrogen-bond acceptors (Lipinski definition) is 5. The summed E-state index contributed by atoms with van der Waals surface area (Å²) in [4.78, 5) is 17.4. The van der Waals surface area contributed by atoms with Gasteiger partial charge in [0.2, 0.25) is 5.78 Å². The lowest BCUT2D eigenvalue weighted by molar-refractivity contribution is -0.227. The van der Waals surface area contributed by atoms with Crippen molar-refractivity contribution in [1.82, 2.24) is 4.98 Å². The number of anilines is 1. The first-order valence-electron chi connectivity index (χ1n) is 10.8. The van der Waals surface area contributed by atoms with Gasteiger partial charge in [0.25, 0.3) is 5.91 Å². The van der Waals surface area contributed by atoms with Crippen LogP contribution in [0.5, 0.6) is 0 Å². The Morgan fingerprint density at radius 3 is 2.19 bits per heavy atom. The molecule has 0 fully saturated rings. The molecule has 2 aromatic carbocycles. The Morgan fingerprint density at radius 1 is 0.935 bits per heavy atom. The van der Waals surface area contributed by atoms with Crippen molar-refractivity contribution in [2.45, 2.75) is 39.5 Å². The van der Waals surface area contributed by atoms with Crippen molar-refractivity contribution in [1.29, 1.82) is 0 Å². The zero-order valence-corrected chi connectivity index (χ0v) is 18.4. The van der Waals surface area contributed by atoms with Gasteiger partial charge < -0.3 is 14.8 Å². The number of aromatic nitrogens is 1. The molecule has 0 amide bonds. The monoisotopic (exact) mass is 418 g/mol. The highest BCUT2D eigenvalue weighted by molar-refractivity contribution is 6.07. The fourth-order valence-electron chi connectivity index (χ4n) is 3.17. The standard InChI is InChI=1S/C26H30N2O3/c1-4-17-30-26(31-18-5-2,28-23-9-7-6-8-10-23)22-15-16-27-24(19-22)25(29)21-13-11-20(3)12-14-21/h6-16,19,28H,4-5,17-18H2,1-3H3. The van der Waals surface area contributed by atoms with Gasteiger partial charge in [0.05, 0.1) is 13.2 Å². The third-order valence-corrected chi connectivity index (χ3v) is 4.79. The van der Waals surface area contributed by atoms with Crippen molar-refractivity contribution in [2.75, 3.05) is 18.5 Å². The number of para-hydroxylation sites is 1. The Hall–Kier alpha value is -3.02. The van der Waals surface area contributed by atoms with Gasteiger partial charge in [-0.2, -0.15) is 0 Å². The summed E-state index contributed by atoms with van der Waals surface area (Å²) in [5, 5.41) is 3.41. The van der Waals surface area contributed by atoms with Gasteiger partial charge in [0, 0.05) is 23.0 Å². The van der Waals surface area contributed by atoms with Crippen LogP contribution in [-0.4, -0.2) is 24.0 Å². The number of nitrogens with one attached hydrogen (secondary N) is 1. The van der Waals surface area contributed by atoms with Gasteiger partial charge in [-0.25, -0.2) is 0 Å². The largest absolute Gasteiger partial charge is 0.331 e. The van der Waals surface area contributed by atoms with Crippen molar-refractivity contribution in [3.05, 3.63) is 95.3 Å². The second-order valence-electron chi connectivity index (χ2n) is 7.43. The van der Waals surface area contributed by atoms with E-state index in [9.17, 15) is 4.79 Å². The maximum absolute atomic E-state index is 13.1. The lowest BCUT2D eigenvalue weighted by Gasteiger charge is -2.35. The number of pyridine rings is 1. The molecule has 162 valence electrons. The predicted molar refractivity (Wildman–Crippen MR) is 123 cm³/mol. The van der Waals surface area contributed by atoms with Gasteiger partial charge in [-0.1, -0.05) is 61.9 Å². The Labute approximate surface area is 184 Å². The predicted octanol–water partition coefficient (Wildman–Crippen LogP) is 5.70. The van der Waals surface area contributed by atoms with Crippen LogP contribution in [0.2, 0.25) is 0 Å². The molecule has 0 aliphatic rings. The number of carbonyl (C=O) groups is 1. The summed E-state index contributed by atoms with van der Waals surface area (Å²) in [6.07, 6.45) is 3.28. The molecule has 0 saturated carbocycles. The van der Waals surface area contributed by atoms with E-state index in [4.69, 9.17) is 9.47 Å². The number of rotatable bonds is 11. The summed E-state index contributed by atoms with van der Waals surface area (Å²) in [5.41, 5.74) is 3.61. The first-order valence-corrected chi connectivity index (χ1v) is 10.8. The van der Waals surface area contributed by atoms with Crippen molar-refractivity contribution in [2.24, 2.45) is 0 Å². The third kappa shape index (κ3) is 5.78. The molecule has 3 aromatic rings. The number of hydrogen-bond donors (Lipinski definition) is 1. The van der Waals surface area contributed by atoms with Gasteiger partial charge in [0.15, 0.2) is 0 Å². The third-order valence-electron chi connectivity index (χ3n) is 4.79. The van der Waals surface area contributed by atoms with Gasteiger partial charge in [0.1, 0.15) is 5.69 Å². The number of ketones is 1. The van der Waals surface area contributed by atoms with Crippen LogP contribution >= 0.6 is 0 Å². The SMILES string of the molecule is CCCOC(Nc1ccccc1)(OCCC)c1ccnc(C(=O)c2ccc(C)cc2)c1. The molecule has 1 aromatic heterocycles. The molecule has 0 spiro atoms. The molecule has 0 atom stereocenters. The fourth-order valence-corrected chi connectivity index (χ4v) is 3.17. The number of aryl methyl sites for hydroxylation is 1. The summed E-state index contributed by atoms with van der Waals surface area (Å²) in [7, 11) is 0. The van der Waals surface area contributed by atoms with Crippen LogP contribution in [0.15, 0.2) is 72.9 Å². The van der Waals surface area contributed by atoms with E-state index >= 15 is 0 Å². The van der Waals surface area contributed by atoms with Crippen LogP contribution in [0, 0.1) is 6.92 Å². The number of nitrogens with zero attached hydrogens (tertiary/aromatic N) is 1. The van der Waals surface area contributed by atoms with Gasteiger partial charge >= 0.3 is 0 Å². The summed E-state index contributed by atoms with van der Waals surface area (Å²) in [6.45, 7) is 7.07. The van der Waals surface area contributed by atoms with Gasteiger partial charge in [-0.15, -0.1) is 0 Å². The van der Waals surface area contributed by atoms with Crippen LogP contribution in [0.3, 0.4) is 0 Å². The van der Waals surface area contributed by atoms with E-state index < -0.39 is 5.91 Å². The van der Waals surface area contributed by atoms with Crippen LogP contribution < -0.4 is 5.32 Å². The van der Waals surface area contributed by atoms with E-state index in [-0.39, 0.29) is 5.78 Å². The normalized spacial score (nSPS) is 11.3. The van der Waals surface area contributed by atoms with E-state index in [0.29, 0.717) is 30.0 Å². The minimum absolute atomic E-state index is 0.138. The first-order chi connectivity index (χ1) is 15.1. The average Bonchev–Trinajstić information content (AvgIpc) is 2.81. The lowest BCUT2D eigenvalue weighted by atomic mass is 10.0. The molecular formula is C26H30N2O3. The maximum atomic E-state index is 13.1. The van der Waals surface area contributed by atoms with E-state index in [0.717, 1.165) is 24.1 Å². The minimum Gasteiger partial charge on any atom is -0.331 e. The van der Waals surface area contributed by atoms with E-state index in [1.807, 2.05) is 81.4 Å². The van der Waals surface area contributed by atoms with Crippen LogP contribution in [0.25, 0.3) is 0 Å². The smallest absolute Gasteiger partial charge is 0.277 e. The van der Waals surface area contributed by atoms with E-state index in [1.54, 1.807) is 12.3 Å². The number of ether oxygens (including phenoxy) is 2. The molecule has 5 heteroatoms. The Morgan fingerprint density at radius 2 is 1.58 bits per heavy atom. The topological polar surface area (TPSA) is 60.4 Å². The number of carbonyl (C=O) groups excluding carboxylic acids is 1. The molecule has 0 unspecified atom stereocenters. The Bertz CT molecular complexity index is 963. The van der Waals surface area contributed by atoms with Crippen molar-refractivity contribution in [3.8, 4) is 0 Å². The molecule has 31 heavy (non-hydrogen) atoms. The summed E-state index contributed by atoms with van der Waals surface area (Å²) in [5.74, 6) is -1.36.